The Bertz CT molecular complexity index is 2300. The molecule has 12 heteroatoms. The van der Waals surface area contributed by atoms with Gasteiger partial charge in [-0.25, -0.2) is 0 Å². The van der Waals surface area contributed by atoms with Gasteiger partial charge in [-0.15, -0.1) is 5.10 Å². The summed E-state index contributed by atoms with van der Waals surface area (Å²) in [4.78, 5) is 31.9. The molecule has 7 aromatic rings. The summed E-state index contributed by atoms with van der Waals surface area (Å²) < 4.78 is 1.89. The minimum Gasteiger partial charge on any atom is -0.258 e. The molecule has 0 atom stereocenters. The largest absolute Gasteiger partial charge is 2.00 e. The molecule has 0 saturated carbocycles. The average molecular weight is 901 g/mol. The van der Waals surface area contributed by atoms with E-state index >= 15 is 0 Å². The Kier molecular flexibility index (Phi) is 19.7. The fourth-order valence-electron chi connectivity index (χ4n) is 6.07. The van der Waals surface area contributed by atoms with Crippen molar-refractivity contribution in [3.8, 4) is 46.0 Å². The number of hydrogen-bond acceptors (Lipinski definition) is 9. The van der Waals surface area contributed by atoms with E-state index < -0.39 is 4.92 Å². The van der Waals surface area contributed by atoms with Gasteiger partial charge in [0.2, 0.25) is 0 Å². The molecular formula is C49H53N9O2Ru+2. The van der Waals surface area contributed by atoms with Crippen LogP contribution in [-0.2, 0) is 26.0 Å². The van der Waals surface area contributed by atoms with Gasteiger partial charge in [-0.3, -0.25) is 39.7 Å². The number of nitro benzene ring substituents is 1. The Morgan fingerprint density at radius 1 is 0.541 bits per heavy atom. The molecule has 0 saturated heterocycles. The molecule has 0 N–H and O–H groups in total. The van der Waals surface area contributed by atoms with Crippen LogP contribution in [0.15, 0.2) is 122 Å². The number of nitro groups is 1. The fourth-order valence-corrected chi connectivity index (χ4v) is 6.07. The van der Waals surface area contributed by atoms with Crippen LogP contribution in [0.25, 0.3) is 34.2 Å². The third-order valence-corrected chi connectivity index (χ3v) is 9.42. The van der Waals surface area contributed by atoms with Gasteiger partial charge in [0.1, 0.15) is 5.69 Å². The Morgan fingerprint density at radius 3 is 1.41 bits per heavy atom. The Hall–Kier alpha value is -6.31. The molecule has 312 valence electrons. The summed E-state index contributed by atoms with van der Waals surface area (Å²) >= 11 is 0. The quantitative estimate of drug-likeness (QED) is 0.0364. The number of unbranched alkanes of at least 4 members (excludes halogenated alkanes) is 7. The third kappa shape index (κ3) is 16.3. The van der Waals surface area contributed by atoms with Crippen LogP contribution < -0.4 is 0 Å². The molecule has 0 fully saturated rings. The van der Waals surface area contributed by atoms with Crippen LogP contribution in [0.1, 0.15) is 91.7 Å². The van der Waals surface area contributed by atoms with Gasteiger partial charge in [0.25, 0.3) is 5.69 Å². The molecule has 0 bridgehead atoms. The van der Waals surface area contributed by atoms with E-state index in [4.69, 9.17) is 0 Å². The van der Waals surface area contributed by atoms with Crippen molar-refractivity contribution < 1.29 is 24.4 Å². The second kappa shape index (κ2) is 25.3. The smallest absolute Gasteiger partial charge is 0.258 e. The molecule has 0 radical (unpaired) electrons. The van der Waals surface area contributed by atoms with Crippen molar-refractivity contribution in [2.45, 2.75) is 92.5 Å². The zero-order valence-electron chi connectivity index (χ0n) is 35.6. The summed E-state index contributed by atoms with van der Waals surface area (Å²) in [6, 6.07) is 26.0. The predicted octanol–water partition coefficient (Wildman–Crippen LogP) is 11.3. The van der Waals surface area contributed by atoms with Crippen molar-refractivity contribution in [3.05, 3.63) is 166 Å². The second-order valence-electron chi connectivity index (χ2n) is 14.7. The van der Waals surface area contributed by atoms with Gasteiger partial charge in [-0.2, -0.15) is 0 Å². The number of benzene rings is 1. The van der Waals surface area contributed by atoms with E-state index in [1.54, 1.807) is 18.3 Å². The van der Waals surface area contributed by atoms with Crippen LogP contribution in [0.2, 0.25) is 0 Å². The van der Waals surface area contributed by atoms with Crippen molar-refractivity contribution >= 4 is 5.69 Å². The van der Waals surface area contributed by atoms with Gasteiger partial charge in [0.15, 0.2) is 0 Å². The Balaban J connectivity index is 0.000000232. The molecule has 61 heavy (non-hydrogen) atoms. The van der Waals surface area contributed by atoms with E-state index in [2.05, 4.69) is 81.7 Å². The first-order chi connectivity index (χ1) is 29.2. The number of hydrogen-bond donors (Lipinski definition) is 0. The van der Waals surface area contributed by atoms with Crippen molar-refractivity contribution in [1.82, 2.24) is 39.9 Å². The minimum absolute atomic E-state index is 0. The normalized spacial score (nSPS) is 10.2. The summed E-state index contributed by atoms with van der Waals surface area (Å²) in [5.74, 6) is 6.02. The molecule has 7 rings (SSSR count). The zero-order valence-corrected chi connectivity index (χ0v) is 37.3. The van der Waals surface area contributed by atoms with E-state index in [1.165, 1.54) is 79.3 Å². The maximum absolute atomic E-state index is 10.7. The molecule has 0 aliphatic heterocycles. The minimum atomic E-state index is -0.425. The van der Waals surface area contributed by atoms with Gasteiger partial charge in [-0.05, 0) is 129 Å². The molecule has 6 heterocycles. The first-order valence-corrected chi connectivity index (χ1v) is 20.5. The van der Waals surface area contributed by atoms with Gasteiger partial charge in [-0.1, -0.05) is 68.9 Å². The van der Waals surface area contributed by atoms with E-state index in [0.29, 0.717) is 5.56 Å². The summed E-state index contributed by atoms with van der Waals surface area (Å²) in [5, 5.41) is 19.2. The fraction of sp³-hybridized carbons (Fsp3) is 0.286. The van der Waals surface area contributed by atoms with E-state index in [-0.39, 0.29) is 25.2 Å². The third-order valence-electron chi connectivity index (χ3n) is 9.42. The molecule has 11 nitrogen and oxygen atoms in total. The molecule has 1 aromatic carbocycles. The topological polar surface area (TPSA) is 138 Å². The first kappa shape index (κ1) is 47.4. The predicted molar refractivity (Wildman–Crippen MR) is 239 cm³/mol. The summed E-state index contributed by atoms with van der Waals surface area (Å²) in [5.41, 5.74) is 11.6. The van der Waals surface area contributed by atoms with Crippen LogP contribution in [0.5, 0.6) is 0 Å². The maximum Gasteiger partial charge on any atom is 2.00 e. The molecule has 6 aromatic heterocycles. The van der Waals surface area contributed by atoms with Crippen LogP contribution >= 0.6 is 0 Å². The zero-order chi connectivity index (χ0) is 42.5. The SMILES string of the molecule is CCCCCCCCCCn1cc(-c2ccc(C#Cc3ccc([N+](=O)[O-])cc3)cn2)nn1.Cc1ccnc(-c2cc(C)ccn2)c1.Cc1ccnc(-c2cc(C)ccn2)c1.[Ru+2]. The number of aryl methyl sites for hydroxylation is 5. The van der Waals surface area contributed by atoms with Crippen molar-refractivity contribution in [3.63, 3.8) is 0 Å². The number of nitrogens with zero attached hydrogens (tertiary/aromatic N) is 9. The Morgan fingerprint density at radius 2 is 0.984 bits per heavy atom. The standard InChI is InChI=1S/C25H29N5O2.2C12H12N2.Ru/c1-2-3-4-5-6-7-8-9-18-29-20-25(27-28-29)24-17-14-22(19-26-24)11-10-21-12-15-23(16-13-21)30(31)32;2*1-9-3-5-13-11(7-9)12-8-10(2)4-6-14-12;/h12-17,19-20H,2-9,18H2,1H3;2*3-8H,1-2H3;/q;;;+2. The molecule has 0 spiro atoms. The summed E-state index contributed by atoms with van der Waals surface area (Å²) in [6.07, 6.45) is 21.2. The van der Waals surface area contributed by atoms with Crippen LogP contribution in [-0.4, -0.2) is 44.8 Å². The number of aromatic nitrogens is 8. The van der Waals surface area contributed by atoms with Crippen molar-refractivity contribution in [2.24, 2.45) is 0 Å². The van der Waals surface area contributed by atoms with E-state index in [0.717, 1.165) is 52.7 Å². The van der Waals surface area contributed by atoms with E-state index in [9.17, 15) is 10.1 Å². The first-order valence-electron chi connectivity index (χ1n) is 20.5. The number of pyridine rings is 5. The second-order valence-corrected chi connectivity index (χ2v) is 14.7. The number of non-ortho nitro benzene ring substituents is 1. The van der Waals surface area contributed by atoms with Crippen molar-refractivity contribution in [1.29, 1.82) is 0 Å². The molecule has 0 aliphatic carbocycles. The summed E-state index contributed by atoms with van der Waals surface area (Å²) in [7, 11) is 0. The van der Waals surface area contributed by atoms with Crippen LogP contribution in [0, 0.1) is 49.7 Å². The van der Waals surface area contributed by atoms with Crippen molar-refractivity contribution in [2.75, 3.05) is 0 Å². The maximum atomic E-state index is 10.7. The molecule has 0 aliphatic rings. The molecule has 0 unspecified atom stereocenters. The van der Waals surface area contributed by atoms with E-state index in [1.807, 2.05) is 96.3 Å². The average Bonchev–Trinajstić information content (AvgIpc) is 3.74. The monoisotopic (exact) mass is 901 g/mol. The Labute approximate surface area is 372 Å². The van der Waals surface area contributed by atoms with Gasteiger partial charge >= 0.3 is 19.5 Å². The van der Waals surface area contributed by atoms with Gasteiger partial charge in [0.05, 0.1) is 39.6 Å². The summed E-state index contributed by atoms with van der Waals surface area (Å²) in [6.45, 7) is 11.3. The van der Waals surface area contributed by atoms with Gasteiger partial charge < -0.3 is 0 Å². The molecule has 0 amide bonds. The molecular weight excluding hydrogens is 848 g/mol. The number of rotatable bonds is 13. The van der Waals surface area contributed by atoms with Gasteiger partial charge in [0, 0.05) is 60.8 Å². The van der Waals surface area contributed by atoms with Crippen LogP contribution in [0.4, 0.5) is 5.69 Å². The van der Waals surface area contributed by atoms with Crippen LogP contribution in [0.3, 0.4) is 0 Å².